The number of carbonyl (C=O) groups is 1. The molecule has 0 saturated heterocycles. The Morgan fingerprint density at radius 2 is 2.00 bits per heavy atom. The van der Waals surface area contributed by atoms with E-state index in [0.29, 0.717) is 23.9 Å². The summed E-state index contributed by atoms with van der Waals surface area (Å²) in [6.07, 6.45) is 2.28. The molecule has 0 unspecified atom stereocenters. The minimum absolute atomic E-state index is 0.238. The van der Waals surface area contributed by atoms with Gasteiger partial charge in [-0.2, -0.15) is 0 Å². The number of nitrogens with zero attached hydrogens (tertiary/aromatic N) is 1. The predicted molar refractivity (Wildman–Crippen MR) is 78.1 cm³/mol. The third-order valence-corrected chi connectivity index (χ3v) is 2.02. The average molecular weight is 264 g/mol. The molecule has 0 atom stereocenters. The summed E-state index contributed by atoms with van der Waals surface area (Å²) in [5.41, 5.74) is 0.371. The Kier molecular flexibility index (Phi) is 8.74. The molecule has 19 heavy (non-hydrogen) atoms. The lowest BCUT2D eigenvalue weighted by atomic mass is 10.2. The molecule has 104 valence electrons. The molecule has 0 spiro atoms. The van der Waals surface area contributed by atoms with Gasteiger partial charge in [-0.3, -0.25) is 14.7 Å². The molecular formula is C14H20N2O3. The first-order valence-corrected chi connectivity index (χ1v) is 5.99. The van der Waals surface area contributed by atoms with Crippen molar-refractivity contribution in [2.75, 3.05) is 13.7 Å². The van der Waals surface area contributed by atoms with Gasteiger partial charge in [-0.1, -0.05) is 32.1 Å². The Morgan fingerprint density at radius 1 is 1.37 bits per heavy atom. The first kappa shape index (κ1) is 16.9. The van der Waals surface area contributed by atoms with Gasteiger partial charge in [0.25, 0.3) is 5.56 Å². The summed E-state index contributed by atoms with van der Waals surface area (Å²) < 4.78 is 5.74. The van der Waals surface area contributed by atoms with Gasteiger partial charge in [0.05, 0.1) is 17.5 Å². The summed E-state index contributed by atoms with van der Waals surface area (Å²) in [5.74, 6) is 0. The number of para-hydroxylation sites is 1. The molecular weight excluding hydrogens is 244 g/mol. The van der Waals surface area contributed by atoms with E-state index in [0.717, 1.165) is 4.68 Å². The number of carbonyl (C=O) groups excluding carboxylic acids is 1. The van der Waals surface area contributed by atoms with Gasteiger partial charge in [0, 0.05) is 7.11 Å². The molecule has 1 N–H and O–H groups in total. The number of aromatic nitrogens is 2. The van der Waals surface area contributed by atoms with E-state index < -0.39 is 0 Å². The van der Waals surface area contributed by atoms with Gasteiger partial charge in [-0.15, -0.1) is 6.58 Å². The minimum atomic E-state index is -0.238. The van der Waals surface area contributed by atoms with Crippen LogP contribution in [0, 0.1) is 0 Å². The van der Waals surface area contributed by atoms with Crippen LogP contribution in [-0.2, 0) is 9.53 Å². The molecule has 5 heteroatoms. The van der Waals surface area contributed by atoms with Crippen LogP contribution in [0.15, 0.2) is 41.7 Å². The van der Waals surface area contributed by atoms with E-state index in [1.54, 1.807) is 37.5 Å². The Balaban J connectivity index is 0.000000396. The first-order valence-electron chi connectivity index (χ1n) is 5.99. The summed E-state index contributed by atoms with van der Waals surface area (Å²) in [5, 5.41) is 2.93. The molecule has 2 rings (SSSR count). The number of H-pyrrole nitrogens is 1. The summed E-state index contributed by atoms with van der Waals surface area (Å²) in [4.78, 5) is 21.5. The third kappa shape index (κ3) is 4.93. The maximum absolute atomic E-state index is 11.1. The molecule has 1 heterocycles. The Bertz CT molecular complexity index is 555. The maximum Gasteiger partial charge on any atom is 0.272 e. The number of hydrogen-bond donors (Lipinski definition) is 1. The highest BCUT2D eigenvalue weighted by atomic mass is 16.5. The number of fused-ring (bicyclic) bond motifs is 1. The van der Waals surface area contributed by atoms with Crippen LogP contribution in [0.5, 0.6) is 0 Å². The number of methoxy groups -OCH3 is 1. The number of rotatable bonds is 3. The normalized spacial score (nSPS) is 8.79. The first-order chi connectivity index (χ1) is 9.24. The molecule has 0 saturated carbocycles. The van der Waals surface area contributed by atoms with Crippen LogP contribution in [0.2, 0.25) is 0 Å². The molecule has 0 bridgehead atoms. The van der Waals surface area contributed by atoms with E-state index in [1.165, 1.54) is 0 Å². The van der Waals surface area contributed by atoms with E-state index in [1.807, 2.05) is 13.8 Å². The van der Waals surface area contributed by atoms with Crippen LogP contribution in [0.25, 0.3) is 10.9 Å². The lowest BCUT2D eigenvalue weighted by Gasteiger charge is -1.89. The van der Waals surface area contributed by atoms with E-state index in [2.05, 4.69) is 16.4 Å². The fourth-order valence-corrected chi connectivity index (χ4v) is 1.31. The zero-order valence-electron chi connectivity index (χ0n) is 11.6. The lowest BCUT2D eigenvalue weighted by molar-refractivity contribution is 0.234. The van der Waals surface area contributed by atoms with Crippen molar-refractivity contribution >= 4 is 17.3 Å². The van der Waals surface area contributed by atoms with Crippen molar-refractivity contribution in [3.63, 3.8) is 0 Å². The monoisotopic (exact) mass is 264 g/mol. The molecule has 0 radical (unpaired) electrons. The Hall–Kier alpha value is -2.14. The molecule has 1 aromatic heterocycles. The summed E-state index contributed by atoms with van der Waals surface area (Å²) in [6.45, 7) is 8.08. The second-order valence-electron chi connectivity index (χ2n) is 3.18. The van der Waals surface area contributed by atoms with Crippen molar-refractivity contribution in [1.82, 2.24) is 9.78 Å². The van der Waals surface area contributed by atoms with Crippen molar-refractivity contribution in [2.45, 2.75) is 13.8 Å². The standard InChI is InChI=1S/C8H6N2O2.C4H8O.C2H6/c11-5-10-7-4-2-1-3-6(7)8(12)9-10;1-3-4-5-2;1-2/h1-5H,(H,9,12);3H,1,4H2,2H3;1-2H3. The zero-order chi connectivity index (χ0) is 14.7. The third-order valence-electron chi connectivity index (χ3n) is 2.02. The van der Waals surface area contributed by atoms with E-state index in [9.17, 15) is 9.59 Å². The Labute approximate surface area is 112 Å². The summed E-state index contributed by atoms with van der Waals surface area (Å²) >= 11 is 0. The van der Waals surface area contributed by atoms with Gasteiger partial charge < -0.3 is 4.74 Å². The molecule has 2 aromatic rings. The number of hydrogen-bond acceptors (Lipinski definition) is 3. The number of aromatic amines is 1. The van der Waals surface area contributed by atoms with Crippen molar-refractivity contribution in [3.05, 3.63) is 47.3 Å². The SMILES string of the molecule is C=CCOC.CC.O=Cn1[nH]c(=O)c2ccccc21. The van der Waals surface area contributed by atoms with Crippen molar-refractivity contribution in [2.24, 2.45) is 0 Å². The number of benzene rings is 1. The van der Waals surface area contributed by atoms with Crippen molar-refractivity contribution in [3.8, 4) is 0 Å². The largest absolute Gasteiger partial charge is 0.381 e. The second-order valence-corrected chi connectivity index (χ2v) is 3.18. The maximum atomic E-state index is 11.1. The highest BCUT2D eigenvalue weighted by Crippen LogP contribution is 2.05. The highest BCUT2D eigenvalue weighted by Gasteiger charge is 2.02. The number of ether oxygens (including phenoxy) is 1. The summed E-state index contributed by atoms with van der Waals surface area (Å²) in [6, 6.07) is 6.91. The Morgan fingerprint density at radius 3 is 2.47 bits per heavy atom. The van der Waals surface area contributed by atoms with Gasteiger partial charge in [0.1, 0.15) is 0 Å². The van der Waals surface area contributed by atoms with Crippen LogP contribution in [0.1, 0.15) is 13.8 Å². The minimum Gasteiger partial charge on any atom is -0.381 e. The predicted octanol–water partition coefficient (Wildman–Crippen LogP) is 2.21. The van der Waals surface area contributed by atoms with Crippen LogP contribution in [-0.4, -0.2) is 29.9 Å². The fraction of sp³-hybridized carbons (Fsp3) is 0.286. The topological polar surface area (TPSA) is 64.1 Å². The lowest BCUT2D eigenvalue weighted by Crippen LogP contribution is -2.03. The van der Waals surface area contributed by atoms with Gasteiger partial charge in [0.2, 0.25) is 6.41 Å². The van der Waals surface area contributed by atoms with Crippen molar-refractivity contribution in [1.29, 1.82) is 0 Å². The van der Waals surface area contributed by atoms with Crippen molar-refractivity contribution < 1.29 is 9.53 Å². The van der Waals surface area contributed by atoms with Gasteiger partial charge in [0.15, 0.2) is 0 Å². The van der Waals surface area contributed by atoms with E-state index in [-0.39, 0.29) is 5.56 Å². The van der Waals surface area contributed by atoms with Gasteiger partial charge >= 0.3 is 0 Å². The quantitative estimate of drug-likeness (QED) is 0.683. The molecule has 5 nitrogen and oxygen atoms in total. The fourth-order valence-electron chi connectivity index (χ4n) is 1.31. The van der Waals surface area contributed by atoms with Crippen LogP contribution in [0.4, 0.5) is 0 Å². The average Bonchev–Trinajstić information content (AvgIpc) is 2.80. The smallest absolute Gasteiger partial charge is 0.272 e. The molecule has 0 aliphatic heterocycles. The zero-order valence-corrected chi connectivity index (χ0v) is 11.6. The molecule has 0 aliphatic carbocycles. The van der Waals surface area contributed by atoms with E-state index >= 15 is 0 Å². The second kappa shape index (κ2) is 9.85. The molecule has 0 fully saturated rings. The molecule has 1 aromatic carbocycles. The highest BCUT2D eigenvalue weighted by molar-refractivity contribution is 5.83. The van der Waals surface area contributed by atoms with Gasteiger partial charge in [-0.05, 0) is 12.1 Å². The van der Waals surface area contributed by atoms with Crippen LogP contribution >= 0.6 is 0 Å². The number of nitrogens with one attached hydrogen (secondary N) is 1. The molecule has 0 amide bonds. The molecule has 0 aliphatic rings. The van der Waals surface area contributed by atoms with Crippen LogP contribution in [0.3, 0.4) is 0 Å². The van der Waals surface area contributed by atoms with E-state index in [4.69, 9.17) is 0 Å². The summed E-state index contributed by atoms with van der Waals surface area (Å²) in [7, 11) is 1.64. The van der Waals surface area contributed by atoms with Gasteiger partial charge in [-0.25, -0.2) is 4.68 Å². The van der Waals surface area contributed by atoms with Crippen LogP contribution < -0.4 is 5.56 Å².